The Hall–Kier alpha value is -0.930. The van der Waals surface area contributed by atoms with Gasteiger partial charge in [0.05, 0.1) is 0 Å². The molecule has 0 bridgehead atoms. The van der Waals surface area contributed by atoms with Crippen LogP contribution in [0.4, 0.5) is 0 Å². The maximum Gasteiger partial charge on any atom is 0.103 e. The number of nitrogens with two attached hydrogens (primary N) is 1. The molecule has 0 amide bonds. The third-order valence-electron chi connectivity index (χ3n) is 4.18. The van der Waals surface area contributed by atoms with Crippen LogP contribution in [0.3, 0.4) is 0 Å². The van der Waals surface area contributed by atoms with Crippen LogP contribution in [0.15, 0.2) is 18.2 Å². The Balaban J connectivity index is 2.13. The molecule has 1 aromatic carbocycles. The molecule has 0 spiro atoms. The number of hydrogen-bond acceptors (Lipinski definition) is 2. The van der Waals surface area contributed by atoms with E-state index >= 15 is 0 Å². The zero-order chi connectivity index (χ0) is 14.0. The van der Waals surface area contributed by atoms with Crippen molar-refractivity contribution in [1.29, 1.82) is 0 Å². The lowest BCUT2D eigenvalue weighted by Gasteiger charge is -2.28. The molecule has 0 radical (unpaired) electrons. The second-order valence-electron chi connectivity index (χ2n) is 5.93. The average molecular weight is 276 g/mol. The SMILES string of the molecule is Cc1cc(C(N)=S)ccc1CN1CCCC1C(C)C. The van der Waals surface area contributed by atoms with Gasteiger partial charge in [0, 0.05) is 18.2 Å². The van der Waals surface area contributed by atoms with Gasteiger partial charge in [0.1, 0.15) is 4.99 Å². The van der Waals surface area contributed by atoms with E-state index in [9.17, 15) is 0 Å². The van der Waals surface area contributed by atoms with Gasteiger partial charge in [-0.15, -0.1) is 0 Å². The largest absolute Gasteiger partial charge is 0.389 e. The molecular weight excluding hydrogens is 252 g/mol. The highest BCUT2D eigenvalue weighted by Gasteiger charge is 2.27. The van der Waals surface area contributed by atoms with Gasteiger partial charge in [0.25, 0.3) is 0 Å². The smallest absolute Gasteiger partial charge is 0.103 e. The minimum Gasteiger partial charge on any atom is -0.389 e. The molecule has 1 fully saturated rings. The van der Waals surface area contributed by atoms with Crippen LogP contribution in [0.1, 0.15) is 43.4 Å². The third-order valence-corrected chi connectivity index (χ3v) is 4.42. The Morgan fingerprint density at radius 1 is 1.47 bits per heavy atom. The van der Waals surface area contributed by atoms with Crippen molar-refractivity contribution in [3.8, 4) is 0 Å². The fraction of sp³-hybridized carbons (Fsp3) is 0.562. The molecular formula is C16H24N2S. The lowest BCUT2D eigenvalue weighted by Crippen LogP contribution is -2.33. The van der Waals surface area contributed by atoms with E-state index in [0.29, 0.717) is 4.99 Å². The first-order valence-electron chi connectivity index (χ1n) is 7.12. The van der Waals surface area contributed by atoms with Gasteiger partial charge in [-0.25, -0.2) is 0 Å². The van der Waals surface area contributed by atoms with Crippen LogP contribution < -0.4 is 5.73 Å². The van der Waals surface area contributed by atoms with E-state index in [1.807, 2.05) is 6.07 Å². The van der Waals surface area contributed by atoms with Crippen LogP contribution in [0.2, 0.25) is 0 Å². The molecule has 1 saturated heterocycles. The number of thiocarbonyl (C=S) groups is 1. The highest BCUT2D eigenvalue weighted by Crippen LogP contribution is 2.26. The normalized spacial score (nSPS) is 20.1. The van der Waals surface area contributed by atoms with Crippen molar-refractivity contribution in [1.82, 2.24) is 4.90 Å². The van der Waals surface area contributed by atoms with Crippen LogP contribution in [-0.4, -0.2) is 22.5 Å². The van der Waals surface area contributed by atoms with Gasteiger partial charge in [-0.05, 0) is 49.4 Å². The Labute approximate surface area is 122 Å². The molecule has 104 valence electrons. The number of nitrogens with zero attached hydrogens (tertiary/aromatic N) is 1. The minimum atomic E-state index is 0.482. The van der Waals surface area contributed by atoms with E-state index in [1.54, 1.807) is 0 Å². The summed E-state index contributed by atoms with van der Waals surface area (Å²) in [5.74, 6) is 0.735. The van der Waals surface area contributed by atoms with E-state index in [2.05, 4.69) is 37.8 Å². The predicted molar refractivity (Wildman–Crippen MR) is 85.3 cm³/mol. The number of hydrogen-bond donors (Lipinski definition) is 1. The van der Waals surface area contributed by atoms with Gasteiger partial charge >= 0.3 is 0 Å². The summed E-state index contributed by atoms with van der Waals surface area (Å²) < 4.78 is 0. The summed E-state index contributed by atoms with van der Waals surface area (Å²) in [6, 6.07) is 7.07. The van der Waals surface area contributed by atoms with Crippen LogP contribution in [-0.2, 0) is 6.54 Å². The lowest BCUT2D eigenvalue weighted by atomic mass is 10.00. The molecule has 2 rings (SSSR count). The van der Waals surface area contributed by atoms with Crippen LogP contribution in [0.5, 0.6) is 0 Å². The zero-order valence-electron chi connectivity index (χ0n) is 12.1. The molecule has 1 aliphatic rings. The van der Waals surface area contributed by atoms with Crippen molar-refractivity contribution in [3.05, 3.63) is 34.9 Å². The first-order valence-corrected chi connectivity index (χ1v) is 7.53. The predicted octanol–water partition coefficient (Wildman–Crippen LogP) is 3.25. The van der Waals surface area contributed by atoms with Crippen molar-refractivity contribution in [2.24, 2.45) is 11.7 Å². The van der Waals surface area contributed by atoms with Gasteiger partial charge in [-0.2, -0.15) is 0 Å². The fourth-order valence-corrected chi connectivity index (χ4v) is 3.18. The minimum absolute atomic E-state index is 0.482. The zero-order valence-corrected chi connectivity index (χ0v) is 13.0. The topological polar surface area (TPSA) is 29.3 Å². The molecule has 1 atom stereocenters. The van der Waals surface area contributed by atoms with Crippen molar-refractivity contribution in [3.63, 3.8) is 0 Å². The summed E-state index contributed by atoms with van der Waals surface area (Å²) in [5, 5.41) is 0. The molecule has 0 aliphatic carbocycles. The number of likely N-dealkylation sites (tertiary alicyclic amines) is 1. The van der Waals surface area contributed by atoms with Crippen LogP contribution in [0, 0.1) is 12.8 Å². The van der Waals surface area contributed by atoms with Crippen LogP contribution >= 0.6 is 12.2 Å². The van der Waals surface area contributed by atoms with Crippen LogP contribution in [0.25, 0.3) is 0 Å². The maximum atomic E-state index is 5.68. The summed E-state index contributed by atoms with van der Waals surface area (Å²) in [6.45, 7) is 9.07. The number of benzene rings is 1. The third kappa shape index (κ3) is 3.34. The molecule has 0 saturated carbocycles. The molecule has 0 aromatic heterocycles. The van der Waals surface area contributed by atoms with Gasteiger partial charge in [-0.3, -0.25) is 4.90 Å². The van der Waals surface area contributed by atoms with E-state index in [1.165, 1.54) is 30.5 Å². The second-order valence-corrected chi connectivity index (χ2v) is 6.37. The highest BCUT2D eigenvalue weighted by atomic mass is 32.1. The van der Waals surface area contributed by atoms with Gasteiger partial charge in [0.15, 0.2) is 0 Å². The molecule has 3 heteroatoms. The van der Waals surface area contributed by atoms with E-state index in [0.717, 1.165) is 24.1 Å². The number of aryl methyl sites for hydroxylation is 1. The summed E-state index contributed by atoms with van der Waals surface area (Å²) in [7, 11) is 0. The fourth-order valence-electron chi connectivity index (χ4n) is 3.05. The Bertz CT molecular complexity index is 468. The monoisotopic (exact) mass is 276 g/mol. The summed E-state index contributed by atoms with van der Waals surface area (Å²) in [6.07, 6.45) is 2.66. The Morgan fingerprint density at radius 2 is 2.21 bits per heavy atom. The molecule has 2 nitrogen and oxygen atoms in total. The quantitative estimate of drug-likeness (QED) is 0.856. The molecule has 19 heavy (non-hydrogen) atoms. The highest BCUT2D eigenvalue weighted by molar-refractivity contribution is 7.80. The van der Waals surface area contributed by atoms with Crippen molar-refractivity contribution in [2.45, 2.75) is 46.2 Å². The number of rotatable bonds is 4. The molecule has 1 aromatic rings. The summed E-state index contributed by atoms with van der Waals surface area (Å²) in [4.78, 5) is 3.10. The first kappa shape index (κ1) is 14.5. The average Bonchev–Trinajstić information content (AvgIpc) is 2.79. The molecule has 1 unspecified atom stereocenters. The van der Waals surface area contributed by atoms with E-state index < -0.39 is 0 Å². The van der Waals surface area contributed by atoms with E-state index in [-0.39, 0.29) is 0 Å². The molecule has 1 heterocycles. The lowest BCUT2D eigenvalue weighted by molar-refractivity contribution is 0.198. The standard InChI is InChI=1S/C16H24N2S/c1-11(2)15-5-4-8-18(15)10-14-7-6-13(16(17)19)9-12(14)3/h6-7,9,11,15H,4-5,8,10H2,1-3H3,(H2,17,19). The van der Waals surface area contributed by atoms with Crippen molar-refractivity contribution in [2.75, 3.05) is 6.54 Å². The maximum absolute atomic E-state index is 5.68. The molecule has 1 aliphatic heterocycles. The van der Waals surface area contributed by atoms with Gasteiger partial charge < -0.3 is 5.73 Å². The first-order chi connectivity index (χ1) is 8.99. The second kappa shape index (κ2) is 6.02. The Kier molecular flexibility index (Phi) is 4.58. The van der Waals surface area contributed by atoms with Crippen molar-refractivity contribution >= 4 is 17.2 Å². The Morgan fingerprint density at radius 3 is 2.79 bits per heavy atom. The summed E-state index contributed by atoms with van der Waals surface area (Å²) in [5.41, 5.74) is 9.34. The van der Waals surface area contributed by atoms with E-state index in [4.69, 9.17) is 18.0 Å². The van der Waals surface area contributed by atoms with Gasteiger partial charge in [-0.1, -0.05) is 38.2 Å². The molecule has 2 N–H and O–H groups in total. The van der Waals surface area contributed by atoms with Crippen molar-refractivity contribution < 1.29 is 0 Å². The van der Waals surface area contributed by atoms with Gasteiger partial charge in [0.2, 0.25) is 0 Å². The summed E-state index contributed by atoms with van der Waals surface area (Å²) >= 11 is 5.03.